The van der Waals surface area contributed by atoms with Crippen molar-refractivity contribution in [3.63, 3.8) is 0 Å². The van der Waals surface area contributed by atoms with Crippen LogP contribution in [0.1, 0.15) is 25.7 Å². The average molecular weight is 162 g/mol. The molecule has 0 aromatic rings. The second-order valence-corrected chi connectivity index (χ2v) is 3.85. The van der Waals surface area contributed by atoms with Crippen molar-refractivity contribution in [2.45, 2.75) is 37.7 Å². The molecule has 1 nitrogen and oxygen atoms in total. The Morgan fingerprint density at radius 2 is 1.55 bits per heavy atom. The lowest BCUT2D eigenvalue weighted by atomic mass is 9.84. The van der Waals surface area contributed by atoms with Crippen molar-refractivity contribution in [3.05, 3.63) is 0 Å². The molecule has 0 aromatic carbocycles. The molecule has 2 aliphatic rings. The van der Waals surface area contributed by atoms with Crippen molar-refractivity contribution in [2.75, 3.05) is 0 Å². The molecule has 0 radical (unpaired) electrons. The smallest absolute Gasteiger partial charge is 0.248 e. The van der Waals surface area contributed by atoms with Gasteiger partial charge in [-0.2, -0.15) is 0 Å². The predicted molar refractivity (Wildman–Crippen MR) is 36.4 cm³/mol. The molecule has 64 valence electrons. The standard InChI is InChI=1S/C8H12F2O/c9-8(10)3-5-1-2-6(4-8)7(5)11/h5-7,11H,1-4H2. The molecule has 0 heterocycles. The van der Waals surface area contributed by atoms with Gasteiger partial charge in [0.2, 0.25) is 5.92 Å². The molecule has 2 bridgehead atoms. The third-order valence-electron chi connectivity index (χ3n) is 3.00. The van der Waals surface area contributed by atoms with Crippen LogP contribution in [-0.2, 0) is 0 Å². The summed E-state index contributed by atoms with van der Waals surface area (Å²) in [5.41, 5.74) is 0. The number of rotatable bonds is 0. The highest BCUT2D eigenvalue weighted by Crippen LogP contribution is 2.48. The Morgan fingerprint density at radius 1 is 1.09 bits per heavy atom. The molecule has 2 fully saturated rings. The van der Waals surface area contributed by atoms with Crippen LogP contribution in [0, 0.1) is 11.8 Å². The summed E-state index contributed by atoms with van der Waals surface area (Å²) in [6, 6.07) is 0. The van der Waals surface area contributed by atoms with E-state index in [4.69, 9.17) is 0 Å². The van der Waals surface area contributed by atoms with Crippen molar-refractivity contribution in [3.8, 4) is 0 Å². The van der Waals surface area contributed by atoms with Crippen LogP contribution in [0.15, 0.2) is 0 Å². The van der Waals surface area contributed by atoms with Crippen LogP contribution in [0.4, 0.5) is 8.78 Å². The minimum absolute atomic E-state index is 0.0926. The van der Waals surface area contributed by atoms with Crippen molar-refractivity contribution in [1.29, 1.82) is 0 Å². The minimum Gasteiger partial charge on any atom is -0.393 e. The second-order valence-electron chi connectivity index (χ2n) is 3.85. The zero-order valence-corrected chi connectivity index (χ0v) is 6.26. The topological polar surface area (TPSA) is 20.2 Å². The molecule has 0 aromatic heterocycles. The summed E-state index contributed by atoms with van der Waals surface area (Å²) in [7, 11) is 0. The third kappa shape index (κ3) is 1.15. The van der Waals surface area contributed by atoms with E-state index in [2.05, 4.69) is 0 Å². The van der Waals surface area contributed by atoms with Gasteiger partial charge in [0.05, 0.1) is 6.10 Å². The van der Waals surface area contributed by atoms with Crippen LogP contribution in [0.25, 0.3) is 0 Å². The number of hydrogen-bond acceptors (Lipinski definition) is 1. The maximum atomic E-state index is 12.8. The molecule has 2 saturated carbocycles. The average Bonchev–Trinajstić information content (AvgIpc) is 2.19. The summed E-state index contributed by atoms with van der Waals surface area (Å²) < 4.78 is 25.6. The van der Waals surface area contributed by atoms with E-state index in [1.807, 2.05) is 0 Å². The van der Waals surface area contributed by atoms with Crippen LogP contribution in [0.2, 0.25) is 0 Å². The van der Waals surface area contributed by atoms with Crippen LogP contribution in [0.3, 0.4) is 0 Å². The Balaban J connectivity index is 2.14. The fourth-order valence-corrected chi connectivity index (χ4v) is 2.45. The molecule has 2 aliphatic carbocycles. The lowest BCUT2D eigenvalue weighted by Gasteiger charge is -2.31. The van der Waals surface area contributed by atoms with Gasteiger partial charge < -0.3 is 5.11 Å². The predicted octanol–water partition coefficient (Wildman–Crippen LogP) is 1.80. The van der Waals surface area contributed by atoms with Gasteiger partial charge in [-0.05, 0) is 24.7 Å². The van der Waals surface area contributed by atoms with Crippen molar-refractivity contribution in [1.82, 2.24) is 0 Å². The summed E-state index contributed by atoms with van der Waals surface area (Å²) in [5, 5.41) is 9.41. The quantitative estimate of drug-likeness (QED) is 0.576. The number of fused-ring (bicyclic) bond motifs is 2. The molecule has 0 saturated heterocycles. The molecule has 2 rings (SSSR count). The second kappa shape index (κ2) is 2.16. The molecular formula is C8H12F2O. The van der Waals surface area contributed by atoms with Gasteiger partial charge in [0, 0.05) is 12.8 Å². The molecule has 11 heavy (non-hydrogen) atoms. The SMILES string of the molecule is OC1C2CCC1CC(F)(F)C2. The van der Waals surface area contributed by atoms with E-state index in [0.29, 0.717) is 0 Å². The first-order chi connectivity index (χ1) is 5.08. The minimum atomic E-state index is -2.49. The first kappa shape index (κ1) is 7.47. The molecule has 3 heteroatoms. The normalized spacial score (nSPS) is 47.7. The maximum Gasteiger partial charge on any atom is 0.248 e. The Labute approximate surface area is 64.4 Å². The Bertz CT molecular complexity index is 153. The van der Waals surface area contributed by atoms with Gasteiger partial charge in [0.15, 0.2) is 0 Å². The van der Waals surface area contributed by atoms with Crippen molar-refractivity contribution < 1.29 is 13.9 Å². The van der Waals surface area contributed by atoms with Crippen LogP contribution in [0.5, 0.6) is 0 Å². The molecule has 0 amide bonds. The van der Waals surface area contributed by atoms with Gasteiger partial charge in [-0.15, -0.1) is 0 Å². The molecular weight excluding hydrogens is 150 g/mol. The summed E-state index contributed by atoms with van der Waals surface area (Å²) in [6.07, 6.45) is 0.965. The van der Waals surface area contributed by atoms with E-state index >= 15 is 0 Å². The van der Waals surface area contributed by atoms with Crippen LogP contribution in [-0.4, -0.2) is 17.1 Å². The third-order valence-corrected chi connectivity index (χ3v) is 3.00. The van der Waals surface area contributed by atoms with Gasteiger partial charge in [0.1, 0.15) is 0 Å². The van der Waals surface area contributed by atoms with Gasteiger partial charge in [-0.25, -0.2) is 8.78 Å². The highest BCUT2D eigenvalue weighted by molar-refractivity contribution is 4.95. The summed E-state index contributed by atoms with van der Waals surface area (Å²) in [6.45, 7) is 0. The molecule has 0 spiro atoms. The summed E-state index contributed by atoms with van der Waals surface area (Å²) >= 11 is 0. The first-order valence-corrected chi connectivity index (χ1v) is 4.14. The number of aliphatic hydroxyl groups is 1. The van der Waals surface area contributed by atoms with Crippen molar-refractivity contribution in [2.24, 2.45) is 11.8 Å². The van der Waals surface area contributed by atoms with E-state index in [-0.39, 0.29) is 24.7 Å². The van der Waals surface area contributed by atoms with Crippen molar-refractivity contribution >= 4 is 0 Å². The Morgan fingerprint density at radius 3 is 2.00 bits per heavy atom. The number of aliphatic hydroxyl groups excluding tert-OH is 1. The summed E-state index contributed by atoms with van der Waals surface area (Å²) in [4.78, 5) is 0. The highest BCUT2D eigenvalue weighted by Gasteiger charge is 2.49. The summed E-state index contributed by atoms with van der Waals surface area (Å²) in [5.74, 6) is -2.74. The highest BCUT2D eigenvalue weighted by atomic mass is 19.3. The fraction of sp³-hybridized carbons (Fsp3) is 1.00. The van der Waals surface area contributed by atoms with E-state index in [0.717, 1.165) is 12.8 Å². The van der Waals surface area contributed by atoms with E-state index in [1.165, 1.54) is 0 Å². The zero-order chi connectivity index (χ0) is 8.06. The maximum absolute atomic E-state index is 12.8. The van der Waals surface area contributed by atoms with E-state index < -0.39 is 12.0 Å². The molecule has 2 unspecified atom stereocenters. The number of halogens is 2. The fourth-order valence-electron chi connectivity index (χ4n) is 2.45. The lowest BCUT2D eigenvalue weighted by Crippen LogP contribution is -2.36. The van der Waals surface area contributed by atoms with Gasteiger partial charge in [-0.1, -0.05) is 0 Å². The lowest BCUT2D eigenvalue weighted by molar-refractivity contribution is -0.0984. The van der Waals surface area contributed by atoms with Gasteiger partial charge in [-0.3, -0.25) is 0 Å². The van der Waals surface area contributed by atoms with E-state index in [9.17, 15) is 13.9 Å². The Kier molecular flexibility index (Phi) is 1.46. The first-order valence-electron chi connectivity index (χ1n) is 4.14. The molecule has 0 aliphatic heterocycles. The van der Waals surface area contributed by atoms with Gasteiger partial charge >= 0.3 is 0 Å². The molecule has 2 atom stereocenters. The Hall–Kier alpha value is -0.180. The number of alkyl halides is 2. The van der Waals surface area contributed by atoms with Crippen LogP contribution < -0.4 is 0 Å². The van der Waals surface area contributed by atoms with E-state index in [1.54, 1.807) is 0 Å². The monoisotopic (exact) mass is 162 g/mol. The van der Waals surface area contributed by atoms with Gasteiger partial charge in [0.25, 0.3) is 0 Å². The van der Waals surface area contributed by atoms with Crippen LogP contribution >= 0.6 is 0 Å². The molecule has 1 N–H and O–H groups in total. The zero-order valence-electron chi connectivity index (χ0n) is 6.26. The largest absolute Gasteiger partial charge is 0.393 e. The number of hydrogen-bond donors (Lipinski definition) is 1.